The Hall–Kier alpha value is -1.08. The van der Waals surface area contributed by atoms with Gasteiger partial charge in [0.1, 0.15) is 16.3 Å². The van der Waals surface area contributed by atoms with Gasteiger partial charge >= 0.3 is 5.97 Å². The van der Waals surface area contributed by atoms with Crippen LogP contribution >= 0.6 is 27.7 Å². The van der Waals surface area contributed by atoms with E-state index in [9.17, 15) is 9.59 Å². The molecule has 1 aromatic rings. The van der Waals surface area contributed by atoms with E-state index in [-0.39, 0.29) is 11.6 Å². The molecule has 0 saturated carbocycles. The van der Waals surface area contributed by atoms with Crippen LogP contribution in [0.3, 0.4) is 0 Å². The van der Waals surface area contributed by atoms with E-state index in [1.165, 1.54) is 16.7 Å². The molecule has 1 atom stereocenters. The fraction of sp³-hybridized carbons (Fsp3) is 0.300. The number of amides is 1. The summed E-state index contributed by atoms with van der Waals surface area (Å²) < 4.78 is 0.557. The molecule has 1 aliphatic heterocycles. The Balaban J connectivity index is 2.23. The molecule has 0 aliphatic carbocycles. The van der Waals surface area contributed by atoms with E-state index in [2.05, 4.69) is 20.9 Å². The number of hydrogen-bond acceptors (Lipinski definition) is 4. The van der Waals surface area contributed by atoms with Crippen molar-refractivity contribution < 1.29 is 14.7 Å². The zero-order chi connectivity index (χ0) is 12.4. The zero-order valence-electron chi connectivity index (χ0n) is 8.67. The Labute approximate surface area is 110 Å². The predicted molar refractivity (Wildman–Crippen MR) is 66.9 cm³/mol. The van der Waals surface area contributed by atoms with Gasteiger partial charge in [-0.2, -0.15) is 0 Å². The van der Waals surface area contributed by atoms with Gasteiger partial charge in [0.05, 0.1) is 5.88 Å². The minimum atomic E-state index is -0.974. The summed E-state index contributed by atoms with van der Waals surface area (Å²) in [6.07, 6.45) is 0. The van der Waals surface area contributed by atoms with Crippen LogP contribution in [0.25, 0.3) is 0 Å². The number of carboxylic acid groups (broad SMARTS) is 1. The molecule has 0 aromatic carbocycles. The average molecular weight is 317 g/mol. The van der Waals surface area contributed by atoms with E-state index in [1.807, 2.05) is 0 Å². The maximum atomic E-state index is 12.1. The highest BCUT2D eigenvalue weighted by atomic mass is 79.9. The Morgan fingerprint density at radius 2 is 2.29 bits per heavy atom. The number of hydrogen-bond donors (Lipinski definition) is 1. The molecule has 2 rings (SSSR count). The van der Waals surface area contributed by atoms with Crippen LogP contribution in [0, 0.1) is 0 Å². The summed E-state index contributed by atoms with van der Waals surface area (Å²) in [6.45, 7) is 0. The maximum absolute atomic E-state index is 12.1. The molecule has 0 unspecified atom stereocenters. The van der Waals surface area contributed by atoms with Gasteiger partial charge in [-0.25, -0.2) is 9.78 Å². The number of thioether (sulfide) groups is 1. The lowest BCUT2D eigenvalue weighted by molar-refractivity contribution is -0.140. The normalized spacial score (nSPS) is 19.4. The van der Waals surface area contributed by atoms with Gasteiger partial charge in [-0.05, 0) is 28.1 Å². The zero-order valence-corrected chi connectivity index (χ0v) is 11.1. The van der Waals surface area contributed by atoms with Crippen LogP contribution < -0.4 is 0 Å². The molecule has 1 aliphatic rings. The van der Waals surface area contributed by atoms with Crippen LogP contribution in [0.5, 0.6) is 0 Å². The minimum Gasteiger partial charge on any atom is -0.480 e. The van der Waals surface area contributed by atoms with Crippen LogP contribution in [0.2, 0.25) is 0 Å². The molecule has 17 heavy (non-hydrogen) atoms. The molecule has 1 aromatic heterocycles. The third kappa shape index (κ3) is 2.61. The number of nitrogens with zero attached hydrogens (tertiary/aromatic N) is 2. The summed E-state index contributed by atoms with van der Waals surface area (Å²) in [5.41, 5.74) is 0.258. The highest BCUT2D eigenvalue weighted by Gasteiger charge is 2.35. The number of rotatable bonds is 2. The van der Waals surface area contributed by atoms with Crippen molar-refractivity contribution in [2.24, 2.45) is 0 Å². The van der Waals surface area contributed by atoms with Gasteiger partial charge in [-0.3, -0.25) is 4.79 Å². The number of pyridine rings is 1. The summed E-state index contributed by atoms with van der Waals surface area (Å²) in [5, 5.41) is 9.00. The average Bonchev–Trinajstić information content (AvgIpc) is 2.77. The maximum Gasteiger partial charge on any atom is 0.327 e. The second-order valence-electron chi connectivity index (χ2n) is 3.47. The van der Waals surface area contributed by atoms with Crippen molar-refractivity contribution in [3.63, 3.8) is 0 Å². The Kier molecular flexibility index (Phi) is 3.68. The first kappa shape index (κ1) is 12.4. The highest BCUT2D eigenvalue weighted by molar-refractivity contribution is 9.10. The lowest BCUT2D eigenvalue weighted by Gasteiger charge is -2.19. The van der Waals surface area contributed by atoms with Crippen molar-refractivity contribution in [1.82, 2.24) is 9.88 Å². The monoisotopic (exact) mass is 316 g/mol. The molecule has 90 valence electrons. The standard InChI is InChI=1S/C10H9BrN2O3S/c11-8-3-1-2-6(12-8)9(14)13-5-17-4-7(13)10(15)16/h1-3,7H,4-5H2,(H,15,16)/t7-/m0/s1. The third-order valence-corrected chi connectivity index (χ3v) is 3.82. The van der Waals surface area contributed by atoms with Crippen molar-refractivity contribution in [3.8, 4) is 0 Å². The minimum absolute atomic E-state index is 0.258. The first-order chi connectivity index (χ1) is 8.09. The van der Waals surface area contributed by atoms with Gasteiger partial charge in [0.15, 0.2) is 0 Å². The largest absolute Gasteiger partial charge is 0.480 e. The molecule has 0 bridgehead atoms. The van der Waals surface area contributed by atoms with Crippen molar-refractivity contribution in [2.75, 3.05) is 11.6 Å². The van der Waals surface area contributed by atoms with Crippen molar-refractivity contribution in [3.05, 3.63) is 28.5 Å². The molecule has 0 spiro atoms. The van der Waals surface area contributed by atoms with E-state index in [0.717, 1.165) is 0 Å². The summed E-state index contributed by atoms with van der Waals surface area (Å²) in [4.78, 5) is 28.4. The molecule has 1 fully saturated rings. The molecule has 0 radical (unpaired) electrons. The Bertz CT molecular complexity index is 469. The Morgan fingerprint density at radius 3 is 2.94 bits per heavy atom. The van der Waals surface area contributed by atoms with Crippen molar-refractivity contribution in [2.45, 2.75) is 6.04 Å². The second kappa shape index (κ2) is 5.05. The lowest BCUT2D eigenvalue weighted by Crippen LogP contribution is -2.42. The summed E-state index contributed by atoms with van der Waals surface area (Å²) in [7, 11) is 0. The van der Waals surface area contributed by atoms with Gasteiger partial charge in [-0.15, -0.1) is 11.8 Å². The number of aromatic nitrogens is 1. The van der Waals surface area contributed by atoms with Gasteiger partial charge in [0, 0.05) is 5.75 Å². The summed E-state index contributed by atoms with van der Waals surface area (Å²) in [6, 6.07) is 4.23. The molecule has 7 heteroatoms. The highest BCUT2D eigenvalue weighted by Crippen LogP contribution is 2.23. The van der Waals surface area contributed by atoms with Gasteiger partial charge in [-0.1, -0.05) is 6.07 Å². The fourth-order valence-electron chi connectivity index (χ4n) is 1.52. The number of carboxylic acids is 1. The SMILES string of the molecule is O=C(O)[C@@H]1CSCN1C(=O)c1cccc(Br)n1. The summed E-state index contributed by atoms with van der Waals surface area (Å²) in [5.74, 6) is -0.499. The van der Waals surface area contributed by atoms with Crippen molar-refractivity contribution in [1.29, 1.82) is 0 Å². The number of aliphatic carboxylic acids is 1. The molecule has 2 heterocycles. The third-order valence-electron chi connectivity index (χ3n) is 2.36. The van der Waals surface area contributed by atoms with E-state index in [4.69, 9.17) is 5.11 Å². The van der Waals surface area contributed by atoms with Crippen LogP contribution in [-0.4, -0.2) is 44.5 Å². The van der Waals surface area contributed by atoms with E-state index in [0.29, 0.717) is 16.2 Å². The quantitative estimate of drug-likeness (QED) is 0.836. The van der Waals surface area contributed by atoms with Gasteiger partial charge in [0.2, 0.25) is 0 Å². The lowest BCUT2D eigenvalue weighted by atomic mass is 10.2. The molecular weight excluding hydrogens is 308 g/mol. The Morgan fingerprint density at radius 1 is 1.53 bits per heavy atom. The van der Waals surface area contributed by atoms with E-state index >= 15 is 0 Å². The summed E-state index contributed by atoms with van der Waals surface area (Å²) >= 11 is 4.61. The van der Waals surface area contributed by atoms with Gasteiger partial charge in [0.25, 0.3) is 5.91 Å². The van der Waals surface area contributed by atoms with Crippen molar-refractivity contribution >= 4 is 39.6 Å². The topological polar surface area (TPSA) is 70.5 Å². The van der Waals surface area contributed by atoms with Crippen LogP contribution in [0.1, 0.15) is 10.5 Å². The fourth-order valence-corrected chi connectivity index (χ4v) is 3.01. The molecule has 5 nitrogen and oxygen atoms in total. The van der Waals surface area contributed by atoms with Crippen LogP contribution in [0.4, 0.5) is 0 Å². The number of carbonyl (C=O) groups is 2. The smallest absolute Gasteiger partial charge is 0.327 e. The molecule has 1 saturated heterocycles. The first-order valence-corrected chi connectivity index (χ1v) is 6.78. The molecule has 1 amide bonds. The van der Waals surface area contributed by atoms with Crippen LogP contribution in [0.15, 0.2) is 22.8 Å². The number of halogens is 1. The van der Waals surface area contributed by atoms with E-state index in [1.54, 1.807) is 18.2 Å². The van der Waals surface area contributed by atoms with Crippen LogP contribution in [-0.2, 0) is 4.79 Å². The molecular formula is C10H9BrN2O3S. The predicted octanol–water partition coefficient (Wildman–Crippen LogP) is 1.44. The number of carbonyl (C=O) groups excluding carboxylic acids is 1. The van der Waals surface area contributed by atoms with E-state index < -0.39 is 12.0 Å². The first-order valence-electron chi connectivity index (χ1n) is 4.83. The molecule has 1 N–H and O–H groups in total. The second-order valence-corrected chi connectivity index (χ2v) is 5.29. The van der Waals surface area contributed by atoms with Gasteiger partial charge < -0.3 is 10.0 Å².